The van der Waals surface area contributed by atoms with E-state index in [4.69, 9.17) is 0 Å². The molecule has 0 N–H and O–H groups in total. The molecule has 7 nitrogen and oxygen atoms in total. The Morgan fingerprint density at radius 3 is 3.04 bits per heavy atom. The molecule has 0 saturated carbocycles. The molecule has 2 aliphatic rings. The lowest BCUT2D eigenvalue weighted by molar-refractivity contribution is -0.139. The van der Waals surface area contributed by atoms with Gasteiger partial charge in [-0.25, -0.2) is 9.67 Å². The Morgan fingerprint density at radius 2 is 2.21 bits per heavy atom. The van der Waals surface area contributed by atoms with E-state index in [-0.39, 0.29) is 18.0 Å². The van der Waals surface area contributed by atoms with Gasteiger partial charge < -0.3 is 9.80 Å². The van der Waals surface area contributed by atoms with Crippen LogP contribution in [0.4, 0.5) is 0 Å². The van der Waals surface area contributed by atoms with Crippen molar-refractivity contribution < 1.29 is 9.59 Å². The van der Waals surface area contributed by atoms with Crippen LogP contribution in [0.15, 0.2) is 36.9 Å². The third-order valence-corrected chi connectivity index (χ3v) is 4.71. The second-order valence-corrected chi connectivity index (χ2v) is 6.25. The van der Waals surface area contributed by atoms with E-state index in [2.05, 4.69) is 10.1 Å². The average molecular weight is 325 g/mol. The molecule has 2 amide bonds. The number of fused-ring (bicyclic) bond motifs is 1. The topological polar surface area (TPSA) is 71.3 Å². The molecule has 0 aliphatic carbocycles. The highest BCUT2D eigenvalue weighted by molar-refractivity contribution is 5.95. The Bertz CT molecular complexity index is 758. The highest BCUT2D eigenvalue weighted by Gasteiger charge is 2.39. The second kappa shape index (κ2) is 6.07. The summed E-state index contributed by atoms with van der Waals surface area (Å²) >= 11 is 0. The lowest BCUT2D eigenvalue weighted by atomic mass is 10.1. The number of aromatic nitrogens is 3. The van der Waals surface area contributed by atoms with E-state index in [1.54, 1.807) is 11.0 Å². The van der Waals surface area contributed by atoms with Crippen molar-refractivity contribution in [2.45, 2.75) is 32.0 Å². The first-order chi connectivity index (χ1) is 11.7. The van der Waals surface area contributed by atoms with Crippen molar-refractivity contribution in [2.75, 3.05) is 13.1 Å². The Balaban J connectivity index is 1.55. The van der Waals surface area contributed by atoms with E-state index in [1.165, 1.54) is 6.33 Å². The summed E-state index contributed by atoms with van der Waals surface area (Å²) < 4.78 is 1.72. The van der Waals surface area contributed by atoms with Crippen LogP contribution >= 0.6 is 0 Å². The van der Waals surface area contributed by atoms with Crippen molar-refractivity contribution in [2.24, 2.45) is 0 Å². The lowest BCUT2D eigenvalue weighted by Crippen LogP contribution is -2.55. The maximum absolute atomic E-state index is 13.0. The maximum atomic E-state index is 13.0. The molecule has 7 heteroatoms. The van der Waals surface area contributed by atoms with Crippen LogP contribution in [0.5, 0.6) is 0 Å². The fourth-order valence-electron chi connectivity index (χ4n) is 3.58. The van der Waals surface area contributed by atoms with Gasteiger partial charge in [-0.15, -0.1) is 0 Å². The minimum Gasteiger partial charge on any atom is -0.322 e. The first kappa shape index (κ1) is 14.9. The molecular formula is C17H19N5O2. The predicted octanol–water partition coefficient (Wildman–Crippen LogP) is 1.12. The van der Waals surface area contributed by atoms with Crippen LogP contribution in [0.1, 0.15) is 35.2 Å². The molecule has 1 aromatic carbocycles. The van der Waals surface area contributed by atoms with Crippen LogP contribution in [0.25, 0.3) is 0 Å². The molecule has 1 atom stereocenters. The third-order valence-electron chi connectivity index (χ3n) is 4.71. The predicted molar refractivity (Wildman–Crippen MR) is 86.0 cm³/mol. The van der Waals surface area contributed by atoms with Gasteiger partial charge in [0.15, 0.2) is 0 Å². The van der Waals surface area contributed by atoms with Gasteiger partial charge in [0.25, 0.3) is 5.91 Å². The van der Waals surface area contributed by atoms with Gasteiger partial charge >= 0.3 is 0 Å². The molecule has 2 saturated heterocycles. The second-order valence-electron chi connectivity index (χ2n) is 6.25. The highest BCUT2D eigenvalue weighted by atomic mass is 16.2. The van der Waals surface area contributed by atoms with E-state index < -0.39 is 0 Å². The Labute approximate surface area is 139 Å². The van der Waals surface area contributed by atoms with Crippen LogP contribution in [-0.2, 0) is 11.3 Å². The van der Waals surface area contributed by atoms with Crippen molar-refractivity contribution in [3.05, 3.63) is 48.0 Å². The maximum Gasteiger partial charge on any atom is 0.255 e. The summed E-state index contributed by atoms with van der Waals surface area (Å²) in [4.78, 5) is 32.6. The zero-order chi connectivity index (χ0) is 16.5. The zero-order valence-corrected chi connectivity index (χ0v) is 13.3. The molecule has 124 valence electrons. The fourth-order valence-corrected chi connectivity index (χ4v) is 3.58. The van der Waals surface area contributed by atoms with Crippen LogP contribution in [0.2, 0.25) is 0 Å². The molecule has 0 spiro atoms. The minimum absolute atomic E-state index is 0.000148. The molecule has 1 aromatic heterocycles. The van der Waals surface area contributed by atoms with E-state index >= 15 is 0 Å². The number of hydrogen-bond donors (Lipinski definition) is 0. The number of hydrogen-bond acceptors (Lipinski definition) is 4. The lowest BCUT2D eigenvalue weighted by Gasteiger charge is -2.39. The molecule has 2 aromatic rings. The third kappa shape index (κ3) is 2.66. The summed E-state index contributed by atoms with van der Waals surface area (Å²) in [6.07, 6.45) is 5.33. The standard InChI is InChI=1S/C17H19N5O2/c23-16-6-8-22(15-5-2-7-21(15)16)17(24)14-4-1-3-13(9-14)10-20-12-18-11-19-20/h1,3-4,9,11-12,15H,2,5-8,10H2. The number of benzene rings is 1. The van der Waals surface area contributed by atoms with Gasteiger partial charge in [0.05, 0.1) is 6.54 Å². The van der Waals surface area contributed by atoms with Gasteiger partial charge in [0.1, 0.15) is 18.8 Å². The molecule has 0 bridgehead atoms. The first-order valence-electron chi connectivity index (χ1n) is 8.24. The highest BCUT2D eigenvalue weighted by Crippen LogP contribution is 2.27. The average Bonchev–Trinajstić information content (AvgIpc) is 3.27. The number of amides is 2. The summed E-state index contributed by atoms with van der Waals surface area (Å²) in [5.41, 5.74) is 1.66. The van der Waals surface area contributed by atoms with Gasteiger partial charge in [-0.05, 0) is 30.5 Å². The molecular weight excluding hydrogens is 306 g/mol. The number of carbonyl (C=O) groups excluding carboxylic acids is 2. The fraction of sp³-hybridized carbons (Fsp3) is 0.412. The summed E-state index contributed by atoms with van der Waals surface area (Å²) in [5, 5.41) is 4.09. The van der Waals surface area contributed by atoms with Gasteiger partial charge in [0, 0.05) is 25.1 Å². The molecule has 2 fully saturated rings. The van der Waals surface area contributed by atoms with E-state index in [9.17, 15) is 9.59 Å². The monoisotopic (exact) mass is 325 g/mol. The molecule has 24 heavy (non-hydrogen) atoms. The van der Waals surface area contributed by atoms with Crippen molar-refractivity contribution in [1.29, 1.82) is 0 Å². The van der Waals surface area contributed by atoms with Crippen LogP contribution < -0.4 is 0 Å². The number of carbonyl (C=O) groups is 2. The Morgan fingerprint density at radius 1 is 1.29 bits per heavy atom. The van der Waals surface area contributed by atoms with Gasteiger partial charge in [-0.1, -0.05) is 12.1 Å². The van der Waals surface area contributed by atoms with Gasteiger partial charge in [-0.3, -0.25) is 9.59 Å². The van der Waals surface area contributed by atoms with Crippen LogP contribution in [0.3, 0.4) is 0 Å². The molecule has 4 rings (SSSR count). The first-order valence-corrected chi connectivity index (χ1v) is 8.24. The van der Waals surface area contributed by atoms with Crippen molar-refractivity contribution in [1.82, 2.24) is 24.6 Å². The van der Waals surface area contributed by atoms with Gasteiger partial charge in [-0.2, -0.15) is 5.10 Å². The molecule has 1 unspecified atom stereocenters. The molecule has 0 radical (unpaired) electrons. The Kier molecular flexibility index (Phi) is 3.76. The van der Waals surface area contributed by atoms with E-state index in [1.807, 2.05) is 34.1 Å². The number of nitrogens with zero attached hydrogens (tertiary/aromatic N) is 5. The quantitative estimate of drug-likeness (QED) is 0.848. The van der Waals surface area contributed by atoms with E-state index in [0.717, 1.165) is 24.9 Å². The zero-order valence-electron chi connectivity index (χ0n) is 13.3. The normalized spacial score (nSPS) is 20.3. The van der Waals surface area contributed by atoms with E-state index in [0.29, 0.717) is 25.1 Å². The van der Waals surface area contributed by atoms with Gasteiger partial charge in [0.2, 0.25) is 5.91 Å². The summed E-state index contributed by atoms with van der Waals surface area (Å²) in [5.74, 6) is 0.168. The Hall–Kier alpha value is -2.70. The van der Waals surface area contributed by atoms with Crippen LogP contribution in [-0.4, -0.2) is 55.6 Å². The smallest absolute Gasteiger partial charge is 0.255 e. The largest absolute Gasteiger partial charge is 0.322 e. The SMILES string of the molecule is O=C1CCN(C(=O)c2cccc(Cn3cncn3)c2)C2CCCN12. The van der Waals surface area contributed by atoms with Crippen LogP contribution in [0, 0.1) is 0 Å². The summed E-state index contributed by atoms with van der Waals surface area (Å²) in [6.45, 7) is 1.85. The van der Waals surface area contributed by atoms with Crippen molar-refractivity contribution in [3.8, 4) is 0 Å². The van der Waals surface area contributed by atoms with Crippen molar-refractivity contribution >= 4 is 11.8 Å². The van der Waals surface area contributed by atoms with Crippen molar-refractivity contribution in [3.63, 3.8) is 0 Å². The molecule has 2 aliphatic heterocycles. The minimum atomic E-state index is -0.0716. The number of rotatable bonds is 3. The summed E-state index contributed by atoms with van der Waals surface area (Å²) in [7, 11) is 0. The molecule has 3 heterocycles. The summed E-state index contributed by atoms with van der Waals surface area (Å²) in [6, 6.07) is 7.60.